The third kappa shape index (κ3) is 2.86. The second-order valence-electron chi connectivity index (χ2n) is 5.41. The van der Waals surface area contributed by atoms with Gasteiger partial charge in [-0.15, -0.1) is 0 Å². The molecule has 0 spiro atoms. The van der Waals surface area contributed by atoms with Crippen LogP contribution >= 0.6 is 0 Å². The molecule has 0 fully saturated rings. The Balaban J connectivity index is 1.73. The van der Waals surface area contributed by atoms with E-state index in [2.05, 4.69) is 15.0 Å². The van der Waals surface area contributed by atoms with Crippen LogP contribution in [-0.4, -0.2) is 19.2 Å². The number of aromatic nitrogens is 3. The number of rotatable bonds is 4. The lowest BCUT2D eigenvalue weighted by Gasteiger charge is -2.07. The fraction of sp³-hybridized carbons (Fsp3) is 0.0526. The summed E-state index contributed by atoms with van der Waals surface area (Å²) >= 11 is 0. The van der Waals surface area contributed by atoms with Crippen molar-refractivity contribution in [1.29, 1.82) is 0 Å². The number of hydrogen-bond acceptors (Lipinski definition) is 3. The first-order valence-electron chi connectivity index (χ1n) is 7.64. The minimum atomic E-state index is -1.19. The maximum absolute atomic E-state index is 12.9. The van der Waals surface area contributed by atoms with Gasteiger partial charge in [0.2, 0.25) is 0 Å². The largest absolute Gasteiger partial charge is 0.338 e. The lowest BCUT2D eigenvalue weighted by molar-refractivity contribution is 0.682. The predicted octanol–water partition coefficient (Wildman–Crippen LogP) is 3.93. The number of aromatic amines is 1. The third-order valence-corrected chi connectivity index (χ3v) is 5.19. The number of pyridine rings is 1. The van der Waals surface area contributed by atoms with Gasteiger partial charge in [-0.05, 0) is 30.3 Å². The van der Waals surface area contributed by atoms with Crippen LogP contribution in [0.5, 0.6) is 0 Å². The Morgan fingerprint density at radius 1 is 0.917 bits per heavy atom. The van der Waals surface area contributed by atoms with E-state index >= 15 is 0 Å². The van der Waals surface area contributed by atoms with E-state index in [1.54, 1.807) is 6.20 Å². The van der Waals surface area contributed by atoms with Crippen molar-refractivity contribution in [2.75, 3.05) is 0 Å². The number of benzene rings is 2. The Hall–Kier alpha value is -2.79. The maximum Gasteiger partial charge on any atom is 0.139 e. The molecular formula is C19H15N3OS. The zero-order chi connectivity index (χ0) is 16.4. The molecule has 0 saturated carbocycles. The van der Waals surface area contributed by atoms with E-state index in [0.717, 1.165) is 33.0 Å². The number of imidazole rings is 1. The number of para-hydroxylation sites is 2. The van der Waals surface area contributed by atoms with Crippen LogP contribution in [0.15, 0.2) is 77.8 Å². The van der Waals surface area contributed by atoms with Crippen LogP contribution in [0.1, 0.15) is 5.69 Å². The Kier molecular flexibility index (Phi) is 3.92. The summed E-state index contributed by atoms with van der Waals surface area (Å²) < 4.78 is 12.9. The molecule has 0 aliphatic carbocycles. The average molecular weight is 333 g/mol. The van der Waals surface area contributed by atoms with Crippen molar-refractivity contribution in [3.05, 3.63) is 78.6 Å². The standard InChI is InChI=1S/C19H15N3OS/c23-24(13-14-7-5-6-12-20-14)18-11-4-1-8-15(18)19-21-16-9-2-3-10-17(16)22-19/h1-12H,13H2,(H,21,22). The van der Waals surface area contributed by atoms with Gasteiger partial charge in [0.25, 0.3) is 0 Å². The van der Waals surface area contributed by atoms with E-state index in [1.165, 1.54) is 0 Å². The summed E-state index contributed by atoms with van der Waals surface area (Å²) in [4.78, 5) is 13.0. The molecule has 2 aromatic carbocycles. The normalized spacial score (nSPS) is 12.3. The van der Waals surface area contributed by atoms with Crippen LogP contribution in [-0.2, 0) is 16.6 Å². The van der Waals surface area contributed by atoms with Gasteiger partial charge in [0.15, 0.2) is 0 Å². The van der Waals surface area contributed by atoms with E-state index in [0.29, 0.717) is 5.75 Å². The molecule has 118 valence electrons. The summed E-state index contributed by atoms with van der Waals surface area (Å²) in [5, 5.41) is 0. The number of H-pyrrole nitrogens is 1. The molecule has 4 nitrogen and oxygen atoms in total. The molecule has 24 heavy (non-hydrogen) atoms. The van der Waals surface area contributed by atoms with Gasteiger partial charge in [-0.3, -0.25) is 9.19 Å². The van der Waals surface area contributed by atoms with Crippen molar-refractivity contribution in [1.82, 2.24) is 15.0 Å². The van der Waals surface area contributed by atoms with Crippen LogP contribution in [0.25, 0.3) is 22.4 Å². The topological polar surface area (TPSA) is 58.6 Å². The van der Waals surface area contributed by atoms with Gasteiger partial charge in [-0.2, -0.15) is 0 Å². The lowest BCUT2D eigenvalue weighted by Crippen LogP contribution is -2.00. The third-order valence-electron chi connectivity index (χ3n) is 3.78. The molecule has 2 heterocycles. The van der Waals surface area contributed by atoms with Gasteiger partial charge in [-0.1, -0.05) is 36.4 Å². The van der Waals surface area contributed by atoms with Crippen molar-refractivity contribution in [2.45, 2.75) is 10.6 Å². The quantitative estimate of drug-likeness (QED) is 0.615. The SMILES string of the molecule is O=S(Cc1ccccn1)c1ccccc1-c1nc2ccccc2[nH]1. The van der Waals surface area contributed by atoms with Gasteiger partial charge < -0.3 is 4.98 Å². The molecule has 1 atom stereocenters. The first-order chi connectivity index (χ1) is 11.8. The van der Waals surface area contributed by atoms with Gasteiger partial charge in [0.1, 0.15) is 5.82 Å². The van der Waals surface area contributed by atoms with Crippen molar-refractivity contribution in [2.24, 2.45) is 0 Å². The highest BCUT2D eigenvalue weighted by Gasteiger charge is 2.14. The summed E-state index contributed by atoms with van der Waals surface area (Å²) in [5.41, 5.74) is 3.55. The highest BCUT2D eigenvalue weighted by Crippen LogP contribution is 2.27. The van der Waals surface area contributed by atoms with E-state index in [9.17, 15) is 4.21 Å². The Morgan fingerprint density at radius 2 is 1.71 bits per heavy atom. The molecule has 0 radical (unpaired) electrons. The molecule has 0 bridgehead atoms. The van der Waals surface area contributed by atoms with Crippen molar-refractivity contribution in [3.63, 3.8) is 0 Å². The fourth-order valence-corrected chi connectivity index (χ4v) is 3.87. The van der Waals surface area contributed by atoms with Crippen molar-refractivity contribution in [3.8, 4) is 11.4 Å². The van der Waals surface area contributed by atoms with Crippen LogP contribution in [0.2, 0.25) is 0 Å². The zero-order valence-electron chi connectivity index (χ0n) is 12.8. The number of nitrogens with zero attached hydrogens (tertiary/aromatic N) is 2. The average Bonchev–Trinajstić information content (AvgIpc) is 3.06. The van der Waals surface area contributed by atoms with Gasteiger partial charge in [0, 0.05) is 11.8 Å². The van der Waals surface area contributed by atoms with Gasteiger partial charge >= 0.3 is 0 Å². The molecule has 4 aromatic rings. The fourth-order valence-electron chi connectivity index (χ4n) is 2.64. The monoisotopic (exact) mass is 333 g/mol. The summed E-state index contributed by atoms with van der Waals surface area (Å²) in [6.07, 6.45) is 1.72. The van der Waals surface area contributed by atoms with Crippen molar-refractivity contribution < 1.29 is 4.21 Å². The molecule has 1 N–H and O–H groups in total. The van der Waals surface area contributed by atoms with Gasteiger partial charge in [0.05, 0.1) is 38.2 Å². The first kappa shape index (κ1) is 14.8. The highest BCUT2D eigenvalue weighted by atomic mass is 32.2. The molecule has 0 saturated heterocycles. The molecule has 0 aliphatic rings. The minimum Gasteiger partial charge on any atom is -0.338 e. The summed E-state index contributed by atoms with van der Waals surface area (Å²) in [7, 11) is -1.19. The van der Waals surface area contributed by atoms with Crippen LogP contribution in [0, 0.1) is 0 Å². The molecule has 5 heteroatoms. The van der Waals surface area contributed by atoms with E-state index in [4.69, 9.17) is 0 Å². The molecule has 0 aliphatic heterocycles. The zero-order valence-corrected chi connectivity index (χ0v) is 13.7. The number of hydrogen-bond donors (Lipinski definition) is 1. The smallest absolute Gasteiger partial charge is 0.139 e. The molecule has 1 unspecified atom stereocenters. The van der Waals surface area contributed by atoms with Crippen LogP contribution in [0.3, 0.4) is 0 Å². The van der Waals surface area contributed by atoms with E-state index < -0.39 is 10.8 Å². The van der Waals surface area contributed by atoms with Crippen LogP contribution in [0.4, 0.5) is 0 Å². The summed E-state index contributed by atoms with van der Waals surface area (Å²) in [6.45, 7) is 0. The summed E-state index contributed by atoms with van der Waals surface area (Å²) in [5.74, 6) is 1.12. The number of fused-ring (bicyclic) bond motifs is 1. The maximum atomic E-state index is 12.9. The van der Waals surface area contributed by atoms with Crippen LogP contribution < -0.4 is 0 Å². The summed E-state index contributed by atoms with van der Waals surface area (Å²) in [6, 6.07) is 21.2. The van der Waals surface area contributed by atoms with E-state index in [-0.39, 0.29) is 0 Å². The van der Waals surface area contributed by atoms with E-state index in [1.807, 2.05) is 66.7 Å². The predicted molar refractivity (Wildman–Crippen MR) is 95.9 cm³/mol. The molecular weight excluding hydrogens is 318 g/mol. The second-order valence-corrected chi connectivity index (χ2v) is 6.83. The van der Waals surface area contributed by atoms with Gasteiger partial charge in [-0.25, -0.2) is 4.98 Å². The highest BCUT2D eigenvalue weighted by molar-refractivity contribution is 7.84. The first-order valence-corrected chi connectivity index (χ1v) is 8.95. The Labute approximate surface area is 142 Å². The Bertz CT molecular complexity index is 978. The molecule has 2 aromatic heterocycles. The molecule has 0 amide bonds. The van der Waals surface area contributed by atoms with Crippen molar-refractivity contribution >= 4 is 21.8 Å². The minimum absolute atomic E-state index is 0.387. The lowest BCUT2D eigenvalue weighted by atomic mass is 10.2. The second kappa shape index (κ2) is 6.37. The number of nitrogens with one attached hydrogen (secondary N) is 1. The Morgan fingerprint density at radius 3 is 2.54 bits per heavy atom. The molecule has 4 rings (SSSR count).